The molecule has 1 fully saturated rings. The average molecular weight is 322 g/mol. The van der Waals surface area contributed by atoms with Crippen molar-refractivity contribution in [2.24, 2.45) is 0 Å². The number of nitrogens with zero attached hydrogens (tertiary/aromatic N) is 3. The number of nitrogens with one attached hydrogen (secondary N) is 1. The predicted octanol–water partition coefficient (Wildman–Crippen LogP) is 0.152. The minimum atomic E-state index is -0.554. The van der Waals surface area contributed by atoms with Gasteiger partial charge in [0, 0.05) is 45.0 Å². The second-order valence-corrected chi connectivity index (χ2v) is 5.81. The zero-order valence-corrected chi connectivity index (χ0v) is 13.6. The molecule has 1 heterocycles. The molecule has 0 atom stereocenters. The van der Waals surface area contributed by atoms with E-state index in [1.807, 2.05) is 19.0 Å². The first-order valence-corrected chi connectivity index (χ1v) is 7.69. The molecular weight excluding hydrogens is 299 g/mol. The number of carbonyl (C=O) groups is 2. The molecule has 0 unspecified atom stereocenters. The number of rotatable bonds is 4. The number of benzene rings is 1. The lowest BCUT2D eigenvalue weighted by molar-refractivity contribution is -0.146. The van der Waals surface area contributed by atoms with Crippen LogP contribution in [0.15, 0.2) is 24.3 Å². The molecule has 0 aliphatic carbocycles. The fourth-order valence-corrected chi connectivity index (χ4v) is 2.43. The first-order valence-electron chi connectivity index (χ1n) is 7.69. The van der Waals surface area contributed by atoms with Gasteiger partial charge >= 0.3 is 11.8 Å². The maximum Gasteiger partial charge on any atom is 0.312 e. The van der Waals surface area contributed by atoms with Crippen molar-refractivity contribution in [2.45, 2.75) is 0 Å². The molecule has 1 aliphatic rings. The predicted molar refractivity (Wildman–Crippen MR) is 86.8 cm³/mol. The van der Waals surface area contributed by atoms with Crippen molar-refractivity contribution in [3.63, 3.8) is 0 Å². The van der Waals surface area contributed by atoms with Gasteiger partial charge in [-0.25, -0.2) is 4.39 Å². The highest BCUT2D eigenvalue weighted by Crippen LogP contribution is 2.16. The molecule has 7 heteroatoms. The highest BCUT2D eigenvalue weighted by molar-refractivity contribution is 6.35. The number of carbonyl (C=O) groups excluding carboxylic acids is 2. The van der Waals surface area contributed by atoms with Crippen molar-refractivity contribution in [3.8, 4) is 0 Å². The van der Waals surface area contributed by atoms with Crippen molar-refractivity contribution in [1.82, 2.24) is 15.1 Å². The average Bonchev–Trinajstić information content (AvgIpc) is 2.54. The first kappa shape index (κ1) is 17.2. The van der Waals surface area contributed by atoms with Crippen LogP contribution in [0.1, 0.15) is 0 Å². The van der Waals surface area contributed by atoms with Crippen LogP contribution >= 0.6 is 0 Å². The van der Waals surface area contributed by atoms with Gasteiger partial charge < -0.3 is 20.0 Å². The van der Waals surface area contributed by atoms with E-state index in [2.05, 4.69) is 10.2 Å². The number of hydrogen-bond acceptors (Lipinski definition) is 4. The Bertz CT molecular complexity index is 540. The number of halogens is 1. The zero-order valence-electron chi connectivity index (χ0n) is 13.6. The van der Waals surface area contributed by atoms with E-state index in [4.69, 9.17) is 0 Å². The summed E-state index contributed by atoms with van der Waals surface area (Å²) in [6, 6.07) is 6.29. The Morgan fingerprint density at radius 2 is 1.74 bits per heavy atom. The van der Waals surface area contributed by atoms with Crippen molar-refractivity contribution >= 4 is 17.5 Å². The molecule has 1 N–H and O–H groups in total. The van der Waals surface area contributed by atoms with Crippen LogP contribution < -0.4 is 10.2 Å². The van der Waals surface area contributed by atoms with Gasteiger partial charge in [-0.15, -0.1) is 0 Å². The standard InChI is InChI=1S/C16H23FN4O2/c1-19(2)8-7-18-15(22)16(23)21-11-9-20(10-12-21)14-5-3-13(17)4-6-14/h3-6H,7-12H2,1-2H3,(H,18,22). The van der Waals surface area contributed by atoms with Crippen LogP contribution in [0.2, 0.25) is 0 Å². The Kier molecular flexibility index (Phi) is 5.92. The van der Waals surface area contributed by atoms with E-state index in [0.29, 0.717) is 39.3 Å². The van der Waals surface area contributed by atoms with Gasteiger partial charge in [0.25, 0.3) is 0 Å². The summed E-state index contributed by atoms with van der Waals surface area (Å²) in [4.78, 5) is 29.5. The minimum absolute atomic E-state index is 0.267. The maximum absolute atomic E-state index is 12.9. The Balaban J connectivity index is 1.80. The van der Waals surface area contributed by atoms with Crippen LogP contribution in [-0.4, -0.2) is 75.0 Å². The summed E-state index contributed by atoms with van der Waals surface area (Å²) < 4.78 is 12.9. The summed E-state index contributed by atoms with van der Waals surface area (Å²) >= 11 is 0. The maximum atomic E-state index is 12.9. The van der Waals surface area contributed by atoms with Crippen molar-refractivity contribution in [3.05, 3.63) is 30.1 Å². The fraction of sp³-hybridized carbons (Fsp3) is 0.500. The van der Waals surface area contributed by atoms with Gasteiger partial charge in [-0.2, -0.15) is 0 Å². The lowest BCUT2D eigenvalue weighted by Gasteiger charge is -2.35. The molecule has 6 nitrogen and oxygen atoms in total. The van der Waals surface area contributed by atoms with E-state index in [9.17, 15) is 14.0 Å². The van der Waals surface area contributed by atoms with E-state index < -0.39 is 11.8 Å². The summed E-state index contributed by atoms with van der Waals surface area (Å²) in [6.45, 7) is 3.36. The molecular formula is C16H23FN4O2. The molecule has 1 saturated heterocycles. The fourth-order valence-electron chi connectivity index (χ4n) is 2.43. The summed E-state index contributed by atoms with van der Waals surface area (Å²) in [5.41, 5.74) is 0.925. The molecule has 2 rings (SSSR count). The molecule has 126 valence electrons. The van der Waals surface area contributed by atoms with Crippen LogP contribution in [0.4, 0.5) is 10.1 Å². The third-order valence-electron chi connectivity index (χ3n) is 3.80. The normalized spacial score (nSPS) is 15.0. The number of anilines is 1. The minimum Gasteiger partial charge on any atom is -0.368 e. The van der Waals surface area contributed by atoms with Crippen LogP contribution in [0.5, 0.6) is 0 Å². The smallest absolute Gasteiger partial charge is 0.312 e. The zero-order chi connectivity index (χ0) is 16.8. The molecule has 1 aromatic rings. The monoisotopic (exact) mass is 322 g/mol. The molecule has 2 amide bonds. The number of piperazine rings is 1. The Morgan fingerprint density at radius 1 is 1.13 bits per heavy atom. The summed E-state index contributed by atoms with van der Waals surface area (Å²) in [5.74, 6) is -1.30. The second kappa shape index (κ2) is 7.92. The van der Waals surface area contributed by atoms with Gasteiger partial charge in [0.15, 0.2) is 0 Å². The molecule has 0 aromatic heterocycles. The highest BCUT2D eigenvalue weighted by Gasteiger charge is 2.25. The van der Waals surface area contributed by atoms with E-state index in [-0.39, 0.29) is 5.82 Å². The van der Waals surface area contributed by atoms with Crippen LogP contribution in [0.25, 0.3) is 0 Å². The van der Waals surface area contributed by atoms with E-state index in [1.54, 1.807) is 17.0 Å². The first-order chi connectivity index (χ1) is 11.0. The van der Waals surface area contributed by atoms with Gasteiger partial charge in [-0.05, 0) is 38.4 Å². The Hall–Kier alpha value is -2.15. The summed E-state index contributed by atoms with van der Waals surface area (Å²) in [5, 5.41) is 2.63. The van der Waals surface area contributed by atoms with Crippen molar-refractivity contribution in [2.75, 3.05) is 58.3 Å². The molecule has 0 spiro atoms. The molecule has 0 bridgehead atoms. The summed E-state index contributed by atoms with van der Waals surface area (Å²) in [6.07, 6.45) is 0. The van der Waals surface area contributed by atoms with Crippen molar-refractivity contribution < 1.29 is 14.0 Å². The van der Waals surface area contributed by atoms with Gasteiger partial charge in [0.1, 0.15) is 5.82 Å². The summed E-state index contributed by atoms with van der Waals surface area (Å²) in [7, 11) is 3.81. The molecule has 0 radical (unpaired) electrons. The lowest BCUT2D eigenvalue weighted by atomic mass is 10.2. The van der Waals surface area contributed by atoms with Crippen LogP contribution in [0.3, 0.4) is 0 Å². The third-order valence-corrected chi connectivity index (χ3v) is 3.80. The van der Waals surface area contributed by atoms with Crippen molar-refractivity contribution in [1.29, 1.82) is 0 Å². The number of hydrogen-bond donors (Lipinski definition) is 1. The lowest BCUT2D eigenvalue weighted by Crippen LogP contribution is -2.53. The number of amides is 2. The second-order valence-electron chi connectivity index (χ2n) is 5.81. The Morgan fingerprint density at radius 3 is 2.30 bits per heavy atom. The van der Waals surface area contributed by atoms with Gasteiger partial charge in [0.05, 0.1) is 0 Å². The van der Waals surface area contributed by atoms with Crippen LogP contribution in [-0.2, 0) is 9.59 Å². The van der Waals surface area contributed by atoms with E-state index in [1.165, 1.54) is 12.1 Å². The topological polar surface area (TPSA) is 55.9 Å². The Labute approximate surface area is 135 Å². The molecule has 1 aliphatic heterocycles. The van der Waals surface area contributed by atoms with E-state index >= 15 is 0 Å². The molecule has 1 aromatic carbocycles. The van der Waals surface area contributed by atoms with Crippen LogP contribution in [0, 0.1) is 5.82 Å². The van der Waals surface area contributed by atoms with Gasteiger partial charge in [-0.3, -0.25) is 9.59 Å². The molecule has 23 heavy (non-hydrogen) atoms. The largest absolute Gasteiger partial charge is 0.368 e. The van der Waals surface area contributed by atoms with Gasteiger partial charge in [-0.1, -0.05) is 0 Å². The van der Waals surface area contributed by atoms with Gasteiger partial charge in [0.2, 0.25) is 0 Å². The highest BCUT2D eigenvalue weighted by atomic mass is 19.1. The quantitative estimate of drug-likeness (QED) is 0.802. The number of likely N-dealkylation sites (N-methyl/N-ethyl adjacent to an activating group) is 1. The third kappa shape index (κ3) is 4.92. The SMILES string of the molecule is CN(C)CCNC(=O)C(=O)N1CCN(c2ccc(F)cc2)CC1. The van der Waals surface area contributed by atoms with E-state index in [0.717, 1.165) is 5.69 Å². The molecule has 0 saturated carbocycles.